The number of amides is 1. The maximum atomic E-state index is 15.3. The van der Waals surface area contributed by atoms with Gasteiger partial charge in [-0.25, -0.2) is 8.91 Å². The molecule has 2 aliphatic heterocycles. The monoisotopic (exact) mass is 526 g/mol. The lowest BCUT2D eigenvalue weighted by Crippen LogP contribution is -2.38. The number of aryl methyl sites for hydroxylation is 1. The highest BCUT2D eigenvalue weighted by atomic mass is 19.1. The topological polar surface area (TPSA) is 78.2 Å². The molecule has 1 N–H and O–H groups in total. The quantitative estimate of drug-likeness (QED) is 0.378. The summed E-state index contributed by atoms with van der Waals surface area (Å²) in [5, 5.41) is 14.0. The number of nitrogens with zero attached hydrogens (tertiary/aromatic N) is 4. The molecule has 1 saturated heterocycles. The van der Waals surface area contributed by atoms with Crippen LogP contribution in [0.5, 0.6) is 0 Å². The molecule has 1 unspecified atom stereocenters. The van der Waals surface area contributed by atoms with Gasteiger partial charge in [0.05, 0.1) is 23.2 Å². The second-order valence-corrected chi connectivity index (χ2v) is 10.5. The lowest BCUT2D eigenvalue weighted by atomic mass is 9.93. The summed E-state index contributed by atoms with van der Waals surface area (Å²) in [7, 11) is 0. The first-order valence-electron chi connectivity index (χ1n) is 13.5. The number of halogens is 1. The second kappa shape index (κ2) is 9.84. The van der Waals surface area contributed by atoms with Crippen molar-refractivity contribution in [2.24, 2.45) is 5.92 Å². The number of hydrogen-bond donors (Lipinski definition) is 1. The Kier molecular flexibility index (Phi) is 6.33. The van der Waals surface area contributed by atoms with Gasteiger partial charge < -0.3 is 14.9 Å². The summed E-state index contributed by atoms with van der Waals surface area (Å²) in [5.74, 6) is -1.68. The highest BCUT2D eigenvalue weighted by Gasteiger charge is 2.30. The number of anilines is 1. The molecule has 4 heterocycles. The Balaban J connectivity index is 1.30. The number of aromatic nitrogens is 2. The third-order valence-electron chi connectivity index (χ3n) is 8.23. The first-order chi connectivity index (χ1) is 18.8. The number of benzene rings is 2. The predicted octanol–water partition coefficient (Wildman–Crippen LogP) is 5.37. The van der Waals surface area contributed by atoms with Crippen molar-refractivity contribution in [2.75, 3.05) is 24.5 Å². The van der Waals surface area contributed by atoms with Gasteiger partial charge in [0, 0.05) is 42.1 Å². The molecule has 2 aromatic heterocycles. The van der Waals surface area contributed by atoms with Crippen LogP contribution in [0.4, 0.5) is 10.1 Å². The third-order valence-corrected chi connectivity index (χ3v) is 8.23. The number of carbonyl (C=O) groups excluding carboxylic acids is 1. The Labute approximate surface area is 226 Å². The number of carboxylic acids is 1. The molecule has 2 aromatic carbocycles. The average Bonchev–Trinajstić information content (AvgIpc) is 3.60. The van der Waals surface area contributed by atoms with Gasteiger partial charge in [0.1, 0.15) is 5.82 Å². The normalized spacial score (nSPS) is 18.9. The fraction of sp³-hybridized carbons (Fsp3) is 0.323. The Morgan fingerprint density at radius 2 is 1.90 bits per heavy atom. The fourth-order valence-electron chi connectivity index (χ4n) is 6.00. The van der Waals surface area contributed by atoms with Crippen molar-refractivity contribution >= 4 is 23.1 Å². The standard InChI is InChI=1S/C31H31FN4O3/c1-3-23-14-22(30(37)35-13-11-20-6-4-5-7-26(20)19(35)2)15-25-17-29(33-36(23)25)27-9-8-24(16-28(27)32)34-12-10-21(18-34)31(38)39/h4-9,14-17,19,21H,3,10-13,18H2,1-2H3,(H,38,39)/t19-,21?/m1/s1. The lowest BCUT2D eigenvalue weighted by Gasteiger charge is -2.35. The van der Waals surface area contributed by atoms with E-state index < -0.39 is 17.7 Å². The van der Waals surface area contributed by atoms with E-state index >= 15 is 4.39 Å². The van der Waals surface area contributed by atoms with Gasteiger partial charge in [0.25, 0.3) is 5.91 Å². The minimum atomic E-state index is -0.816. The molecule has 200 valence electrons. The van der Waals surface area contributed by atoms with Crippen molar-refractivity contribution in [3.63, 3.8) is 0 Å². The molecular weight excluding hydrogens is 495 g/mol. The zero-order valence-corrected chi connectivity index (χ0v) is 22.1. The van der Waals surface area contributed by atoms with Crippen LogP contribution in [0.15, 0.2) is 60.7 Å². The number of aliphatic carboxylic acids is 1. The summed E-state index contributed by atoms with van der Waals surface area (Å²) in [5.41, 5.74) is 6.23. The molecule has 1 amide bonds. The maximum absolute atomic E-state index is 15.3. The van der Waals surface area contributed by atoms with E-state index in [4.69, 9.17) is 5.10 Å². The van der Waals surface area contributed by atoms with Crippen LogP contribution < -0.4 is 4.90 Å². The second-order valence-electron chi connectivity index (χ2n) is 10.5. The molecule has 8 heteroatoms. The van der Waals surface area contributed by atoms with E-state index in [1.165, 1.54) is 17.2 Å². The van der Waals surface area contributed by atoms with Crippen molar-refractivity contribution in [2.45, 2.75) is 39.2 Å². The van der Waals surface area contributed by atoms with Gasteiger partial charge in [-0.15, -0.1) is 0 Å². The molecule has 2 aliphatic rings. The highest BCUT2D eigenvalue weighted by molar-refractivity contribution is 5.96. The molecule has 4 aromatic rings. The van der Waals surface area contributed by atoms with E-state index in [9.17, 15) is 14.7 Å². The number of rotatable bonds is 5. The predicted molar refractivity (Wildman–Crippen MR) is 148 cm³/mol. The average molecular weight is 527 g/mol. The number of carboxylic acid groups (broad SMARTS) is 1. The third kappa shape index (κ3) is 4.43. The van der Waals surface area contributed by atoms with Gasteiger partial charge in [-0.3, -0.25) is 9.59 Å². The molecule has 0 saturated carbocycles. The SMILES string of the molecule is CCc1cc(C(=O)N2CCc3ccccc3[C@H]2C)cc2cc(-c3ccc(N4CCC(C(=O)O)C4)cc3F)nn12. The van der Waals surface area contributed by atoms with Gasteiger partial charge in [0.15, 0.2) is 0 Å². The van der Waals surface area contributed by atoms with E-state index in [-0.39, 0.29) is 11.9 Å². The van der Waals surface area contributed by atoms with Crippen LogP contribution >= 0.6 is 0 Å². The summed E-state index contributed by atoms with van der Waals surface area (Å²) >= 11 is 0. The van der Waals surface area contributed by atoms with Crippen molar-refractivity contribution < 1.29 is 19.1 Å². The van der Waals surface area contributed by atoms with Crippen molar-refractivity contribution in [3.05, 3.63) is 88.9 Å². The fourth-order valence-corrected chi connectivity index (χ4v) is 6.00. The van der Waals surface area contributed by atoms with Crippen LogP contribution in [0, 0.1) is 11.7 Å². The molecule has 2 atom stereocenters. The van der Waals surface area contributed by atoms with Gasteiger partial charge in [-0.05, 0) is 73.7 Å². The molecule has 7 nitrogen and oxygen atoms in total. The first kappa shape index (κ1) is 25.1. The van der Waals surface area contributed by atoms with Gasteiger partial charge in [-0.2, -0.15) is 5.10 Å². The molecule has 1 fully saturated rings. The minimum Gasteiger partial charge on any atom is -0.481 e. The number of pyridine rings is 1. The smallest absolute Gasteiger partial charge is 0.308 e. The van der Waals surface area contributed by atoms with Crippen LogP contribution in [-0.2, 0) is 17.6 Å². The summed E-state index contributed by atoms with van der Waals surface area (Å²) in [6.07, 6.45) is 2.04. The van der Waals surface area contributed by atoms with Gasteiger partial charge in [-0.1, -0.05) is 31.2 Å². The van der Waals surface area contributed by atoms with Crippen LogP contribution in [0.1, 0.15) is 53.5 Å². The molecule has 0 spiro atoms. The Morgan fingerprint density at radius 1 is 1.08 bits per heavy atom. The Bertz CT molecular complexity index is 1600. The first-order valence-corrected chi connectivity index (χ1v) is 13.5. The van der Waals surface area contributed by atoms with Crippen molar-refractivity contribution in [1.82, 2.24) is 14.5 Å². The van der Waals surface area contributed by atoms with Gasteiger partial charge in [0.2, 0.25) is 0 Å². The molecule has 0 aliphatic carbocycles. The molecule has 39 heavy (non-hydrogen) atoms. The van der Waals surface area contributed by atoms with E-state index in [2.05, 4.69) is 19.1 Å². The van der Waals surface area contributed by atoms with E-state index in [1.807, 2.05) is 53.1 Å². The highest BCUT2D eigenvalue weighted by Crippen LogP contribution is 2.33. The zero-order valence-electron chi connectivity index (χ0n) is 22.1. The zero-order chi connectivity index (χ0) is 27.3. The lowest BCUT2D eigenvalue weighted by molar-refractivity contribution is -0.140. The minimum absolute atomic E-state index is 0.0155. The van der Waals surface area contributed by atoms with Crippen LogP contribution in [0.25, 0.3) is 16.8 Å². The summed E-state index contributed by atoms with van der Waals surface area (Å²) in [6, 6.07) is 18.8. The summed E-state index contributed by atoms with van der Waals surface area (Å²) < 4.78 is 17.1. The van der Waals surface area contributed by atoms with E-state index in [0.29, 0.717) is 55.0 Å². The van der Waals surface area contributed by atoms with E-state index in [0.717, 1.165) is 17.6 Å². The largest absolute Gasteiger partial charge is 0.481 e. The Hall–Kier alpha value is -4.20. The molecule has 0 bridgehead atoms. The van der Waals surface area contributed by atoms with Crippen molar-refractivity contribution in [3.8, 4) is 11.3 Å². The number of carbonyl (C=O) groups is 2. The Morgan fingerprint density at radius 3 is 2.64 bits per heavy atom. The van der Waals surface area contributed by atoms with Gasteiger partial charge >= 0.3 is 5.97 Å². The van der Waals surface area contributed by atoms with Crippen molar-refractivity contribution in [1.29, 1.82) is 0 Å². The van der Waals surface area contributed by atoms with Crippen LogP contribution in [-0.4, -0.2) is 51.1 Å². The number of fused-ring (bicyclic) bond motifs is 2. The number of hydrogen-bond acceptors (Lipinski definition) is 4. The summed E-state index contributed by atoms with van der Waals surface area (Å²) in [6.45, 7) is 5.71. The maximum Gasteiger partial charge on any atom is 0.308 e. The van der Waals surface area contributed by atoms with Crippen LogP contribution in [0.2, 0.25) is 0 Å². The van der Waals surface area contributed by atoms with E-state index in [1.54, 1.807) is 10.6 Å². The molecule has 6 rings (SSSR count). The molecular formula is C31H31FN4O3. The van der Waals surface area contributed by atoms with Crippen LogP contribution in [0.3, 0.4) is 0 Å². The molecule has 0 radical (unpaired) electrons. The summed E-state index contributed by atoms with van der Waals surface area (Å²) in [4.78, 5) is 28.8.